The number of rotatable bonds is 7. The molecular weight excluding hydrogens is 434 g/mol. The van der Waals surface area contributed by atoms with Crippen molar-refractivity contribution in [1.29, 1.82) is 0 Å². The monoisotopic (exact) mass is 451 g/mol. The summed E-state index contributed by atoms with van der Waals surface area (Å²) in [6.45, 7) is 1.81. The Hall–Kier alpha value is -2.01. The van der Waals surface area contributed by atoms with E-state index in [9.17, 15) is 13.2 Å². The molecule has 0 bridgehead atoms. The fraction of sp³-hybridized carbons (Fsp3) is 0.167. The summed E-state index contributed by atoms with van der Waals surface area (Å²) in [4.78, 5) is 12.7. The number of ketones is 1. The Labute approximate surface area is 176 Å². The molecule has 1 aromatic heterocycles. The van der Waals surface area contributed by atoms with Gasteiger partial charge in [-0.25, -0.2) is 13.1 Å². The summed E-state index contributed by atoms with van der Waals surface area (Å²) in [5, 5.41) is 4.15. The molecule has 0 amide bonds. The minimum atomic E-state index is -3.35. The molecule has 1 unspecified atom stereocenters. The van der Waals surface area contributed by atoms with Gasteiger partial charge in [0.2, 0.25) is 10.0 Å². The van der Waals surface area contributed by atoms with Crippen molar-refractivity contribution in [2.45, 2.75) is 16.5 Å². The van der Waals surface area contributed by atoms with Crippen LogP contribution >= 0.6 is 35.3 Å². The molecule has 1 heterocycles. The van der Waals surface area contributed by atoms with Gasteiger partial charge in [0.25, 0.3) is 0 Å². The molecule has 28 heavy (non-hydrogen) atoms. The molecule has 6 nitrogen and oxygen atoms in total. The highest BCUT2D eigenvalue weighted by atomic mass is 32.2. The van der Waals surface area contributed by atoms with Crippen LogP contribution in [0.3, 0.4) is 0 Å². The Morgan fingerprint density at radius 1 is 1.18 bits per heavy atom. The maximum absolute atomic E-state index is 12.7. The summed E-state index contributed by atoms with van der Waals surface area (Å²) in [6, 6.07) is 16.0. The smallest absolute Gasteiger partial charge is 0.229 e. The van der Waals surface area contributed by atoms with Gasteiger partial charge in [-0.1, -0.05) is 41.3 Å². The van der Waals surface area contributed by atoms with Gasteiger partial charge in [-0.05, 0) is 55.5 Å². The van der Waals surface area contributed by atoms with E-state index in [0.29, 0.717) is 19.5 Å². The number of anilines is 1. The molecule has 0 fully saturated rings. The van der Waals surface area contributed by atoms with Crippen molar-refractivity contribution < 1.29 is 13.2 Å². The molecule has 0 saturated heterocycles. The lowest BCUT2D eigenvalue weighted by molar-refractivity contribution is 0.0994. The normalized spacial score (nSPS) is 12.5. The van der Waals surface area contributed by atoms with Crippen molar-refractivity contribution in [1.82, 2.24) is 9.78 Å². The molecule has 1 N–H and O–H groups in total. The van der Waals surface area contributed by atoms with Crippen molar-refractivity contribution in [3.05, 3.63) is 64.1 Å². The fourth-order valence-electron chi connectivity index (χ4n) is 2.40. The number of nitrogens with zero attached hydrogens (tertiary/aromatic N) is 2. The lowest BCUT2D eigenvalue weighted by Gasteiger charge is -2.09. The first-order chi connectivity index (χ1) is 13.2. The zero-order valence-electron chi connectivity index (χ0n) is 15.0. The molecule has 0 saturated carbocycles. The summed E-state index contributed by atoms with van der Waals surface area (Å²) in [5.41, 5.74) is 1.80. The van der Waals surface area contributed by atoms with Crippen LogP contribution in [0, 0.1) is 3.95 Å². The van der Waals surface area contributed by atoms with Gasteiger partial charge in [0, 0.05) is 11.3 Å². The molecule has 2 aromatic carbocycles. The van der Waals surface area contributed by atoms with E-state index in [1.54, 1.807) is 28.9 Å². The summed E-state index contributed by atoms with van der Waals surface area (Å²) >= 11 is 8.10. The summed E-state index contributed by atoms with van der Waals surface area (Å²) in [6.07, 6.45) is 1.08. The number of Topliss-reactive ketones (excluding diaryl/α,β-unsaturated/α-hetero) is 1. The molecule has 3 rings (SSSR count). The first kappa shape index (κ1) is 20.7. The lowest BCUT2D eigenvalue weighted by Crippen LogP contribution is -2.14. The van der Waals surface area contributed by atoms with E-state index in [1.165, 1.54) is 23.1 Å². The van der Waals surface area contributed by atoms with Crippen LogP contribution in [-0.2, 0) is 10.0 Å². The first-order valence-electron chi connectivity index (χ1n) is 8.17. The minimum Gasteiger partial charge on any atom is -0.293 e. The number of thioether (sulfide) groups is 1. The third-order valence-corrected chi connectivity index (χ3v) is 6.67. The molecular formula is C18H17N3O3S4. The van der Waals surface area contributed by atoms with Crippen molar-refractivity contribution in [2.75, 3.05) is 11.0 Å². The predicted molar refractivity (Wildman–Crippen MR) is 117 cm³/mol. The van der Waals surface area contributed by atoms with E-state index < -0.39 is 10.0 Å². The Bertz CT molecular complexity index is 1140. The number of hydrogen-bond donors (Lipinski definition) is 1. The minimum absolute atomic E-state index is 0.0664. The number of para-hydroxylation sites is 1. The lowest BCUT2D eigenvalue weighted by atomic mass is 10.1. The van der Waals surface area contributed by atoms with Crippen molar-refractivity contribution in [2.24, 2.45) is 0 Å². The Morgan fingerprint density at radius 3 is 2.43 bits per heavy atom. The van der Waals surface area contributed by atoms with E-state index in [2.05, 4.69) is 9.82 Å². The molecule has 1 atom stereocenters. The van der Waals surface area contributed by atoms with Gasteiger partial charge in [-0.2, -0.15) is 0 Å². The highest BCUT2D eigenvalue weighted by Gasteiger charge is 2.19. The van der Waals surface area contributed by atoms with Gasteiger partial charge in [0.05, 0.1) is 17.2 Å². The Morgan fingerprint density at radius 2 is 1.82 bits per heavy atom. The second-order valence-corrected chi connectivity index (χ2v) is 10.9. The van der Waals surface area contributed by atoms with Gasteiger partial charge in [0.15, 0.2) is 14.1 Å². The SMILES string of the molecule is CC(Sc1nn(-c2ccccc2)c(=S)s1)C(=O)c1ccc(NS(C)(=O)=O)cc1. The molecule has 0 aliphatic carbocycles. The van der Waals surface area contributed by atoms with Crippen molar-refractivity contribution in [3.8, 4) is 5.69 Å². The Balaban J connectivity index is 1.72. The van der Waals surface area contributed by atoms with Gasteiger partial charge >= 0.3 is 0 Å². The van der Waals surface area contributed by atoms with E-state index in [1.807, 2.05) is 37.3 Å². The number of carbonyl (C=O) groups excluding carboxylic acids is 1. The standard InChI is InChI=1S/C18H17N3O3S4/c1-12(16(22)13-8-10-14(11-9-13)20-28(2,23)24)26-17-19-21(18(25)27-17)15-6-4-3-5-7-15/h3-12,20H,1-2H3. The van der Waals surface area contributed by atoms with E-state index in [4.69, 9.17) is 12.2 Å². The average Bonchev–Trinajstić information content (AvgIpc) is 3.01. The summed E-state index contributed by atoms with van der Waals surface area (Å²) < 4.78 is 27.9. The van der Waals surface area contributed by atoms with Crippen molar-refractivity contribution in [3.63, 3.8) is 0 Å². The van der Waals surface area contributed by atoms with Crippen LogP contribution in [-0.4, -0.2) is 35.5 Å². The van der Waals surface area contributed by atoms with Crippen LogP contribution < -0.4 is 4.72 Å². The zero-order chi connectivity index (χ0) is 20.3. The quantitative estimate of drug-likeness (QED) is 0.326. The maximum atomic E-state index is 12.7. The largest absolute Gasteiger partial charge is 0.293 e. The van der Waals surface area contributed by atoms with Crippen molar-refractivity contribution >= 4 is 56.8 Å². The average molecular weight is 452 g/mol. The van der Waals surface area contributed by atoms with Crippen LogP contribution in [0.1, 0.15) is 17.3 Å². The second kappa shape index (κ2) is 8.56. The number of hydrogen-bond acceptors (Lipinski definition) is 7. The summed E-state index contributed by atoms with van der Waals surface area (Å²) in [5.74, 6) is -0.0664. The molecule has 0 aliphatic heterocycles. The third-order valence-electron chi connectivity index (χ3n) is 3.65. The number of nitrogens with one attached hydrogen (secondary N) is 1. The highest BCUT2D eigenvalue weighted by Crippen LogP contribution is 2.29. The van der Waals surface area contributed by atoms with E-state index in [0.717, 1.165) is 11.9 Å². The number of benzene rings is 2. The number of sulfonamides is 1. The van der Waals surface area contributed by atoms with Crippen LogP contribution in [0.15, 0.2) is 58.9 Å². The highest BCUT2D eigenvalue weighted by molar-refractivity contribution is 8.02. The zero-order valence-corrected chi connectivity index (χ0v) is 18.3. The maximum Gasteiger partial charge on any atom is 0.229 e. The summed E-state index contributed by atoms with van der Waals surface area (Å²) in [7, 11) is -3.35. The fourth-order valence-corrected chi connectivity index (χ4v) is 5.54. The molecule has 0 radical (unpaired) electrons. The third kappa shape index (κ3) is 5.28. The van der Waals surface area contributed by atoms with Crippen LogP contribution in [0.4, 0.5) is 5.69 Å². The van der Waals surface area contributed by atoms with Gasteiger partial charge in [-0.3, -0.25) is 9.52 Å². The van der Waals surface area contributed by atoms with E-state index >= 15 is 0 Å². The van der Waals surface area contributed by atoms with Crippen LogP contribution in [0.25, 0.3) is 5.69 Å². The van der Waals surface area contributed by atoms with E-state index in [-0.39, 0.29) is 11.0 Å². The molecule has 3 aromatic rings. The molecule has 0 spiro atoms. The Kier molecular flexibility index (Phi) is 6.33. The molecule has 146 valence electrons. The first-order valence-corrected chi connectivity index (χ1v) is 12.2. The number of aromatic nitrogens is 2. The molecule has 10 heteroatoms. The van der Waals surface area contributed by atoms with Gasteiger partial charge in [0.1, 0.15) is 0 Å². The van der Waals surface area contributed by atoms with Gasteiger partial charge < -0.3 is 0 Å². The topological polar surface area (TPSA) is 81.1 Å². The number of carbonyl (C=O) groups is 1. The van der Waals surface area contributed by atoms with Crippen LogP contribution in [0.5, 0.6) is 0 Å². The second-order valence-electron chi connectivity index (χ2n) is 5.96. The predicted octanol–water partition coefficient (Wildman–Crippen LogP) is 4.40. The van der Waals surface area contributed by atoms with Gasteiger partial charge in [-0.15, -0.1) is 5.10 Å². The van der Waals surface area contributed by atoms with Crippen LogP contribution in [0.2, 0.25) is 0 Å². The molecule has 0 aliphatic rings.